The second-order valence-corrected chi connectivity index (χ2v) is 10.3. The Morgan fingerprint density at radius 2 is 1.76 bits per heavy atom. The van der Waals surface area contributed by atoms with Crippen molar-refractivity contribution in [3.8, 4) is 5.75 Å². The van der Waals surface area contributed by atoms with Gasteiger partial charge in [0.1, 0.15) is 11.3 Å². The van der Waals surface area contributed by atoms with Gasteiger partial charge in [-0.05, 0) is 55.3 Å². The maximum absolute atomic E-state index is 14.2. The number of nitrogens with zero attached hydrogens (tertiary/aromatic N) is 1. The predicted octanol–water partition coefficient (Wildman–Crippen LogP) is 3.65. The van der Waals surface area contributed by atoms with Gasteiger partial charge in [-0.25, -0.2) is 4.90 Å². The fourth-order valence-electron chi connectivity index (χ4n) is 6.61. The second-order valence-electron chi connectivity index (χ2n) is 10.3. The number of methoxy groups -OCH3 is 1. The van der Waals surface area contributed by atoms with Crippen LogP contribution < -0.4 is 20.3 Å². The molecule has 3 aliphatic rings. The summed E-state index contributed by atoms with van der Waals surface area (Å²) in [5.74, 6) is -1.93. The molecule has 2 fully saturated rings. The number of amides is 3. The summed E-state index contributed by atoms with van der Waals surface area (Å²) in [5, 5.41) is 7.58. The Labute approximate surface area is 219 Å². The van der Waals surface area contributed by atoms with E-state index in [2.05, 4.69) is 15.6 Å². The first-order valence-corrected chi connectivity index (χ1v) is 12.7. The number of H-pyrrole nitrogens is 1. The van der Waals surface area contributed by atoms with Gasteiger partial charge in [0.15, 0.2) is 0 Å². The molecular weight excluding hydrogens is 480 g/mol. The van der Waals surface area contributed by atoms with E-state index in [4.69, 9.17) is 4.74 Å². The lowest BCUT2D eigenvalue weighted by atomic mass is 9.76. The van der Waals surface area contributed by atoms with Crippen molar-refractivity contribution in [3.05, 3.63) is 89.6 Å². The molecule has 3 aliphatic heterocycles. The summed E-state index contributed by atoms with van der Waals surface area (Å²) in [6.07, 6.45) is 2.43. The zero-order valence-corrected chi connectivity index (χ0v) is 20.9. The monoisotopic (exact) mass is 506 g/mol. The Kier molecular flexibility index (Phi) is 4.81. The first-order valence-electron chi connectivity index (χ1n) is 12.7. The van der Waals surface area contributed by atoms with E-state index in [9.17, 15) is 14.4 Å². The van der Waals surface area contributed by atoms with E-state index >= 15 is 0 Å². The summed E-state index contributed by atoms with van der Waals surface area (Å²) < 4.78 is 5.26. The van der Waals surface area contributed by atoms with Crippen LogP contribution in [-0.4, -0.2) is 35.9 Å². The third-order valence-corrected chi connectivity index (χ3v) is 8.32. The van der Waals surface area contributed by atoms with Gasteiger partial charge in [0.2, 0.25) is 17.7 Å². The van der Waals surface area contributed by atoms with Crippen LogP contribution in [0.4, 0.5) is 11.4 Å². The number of aryl methyl sites for hydroxylation is 1. The Hall–Kier alpha value is -4.43. The fourth-order valence-corrected chi connectivity index (χ4v) is 6.61. The summed E-state index contributed by atoms with van der Waals surface area (Å²) in [4.78, 5) is 46.6. The van der Waals surface area contributed by atoms with Gasteiger partial charge in [-0.3, -0.25) is 19.7 Å². The third-order valence-electron chi connectivity index (χ3n) is 8.32. The number of fused-ring (bicyclic) bond motifs is 5. The summed E-state index contributed by atoms with van der Waals surface area (Å²) in [7, 11) is 1.56. The zero-order valence-electron chi connectivity index (χ0n) is 20.9. The quantitative estimate of drug-likeness (QED) is 0.367. The standard InChI is InChI=1S/C30H26N4O4/c1-16-7-12-23-21(13-16)30(29(37)32-23)26-25(24(33-30)14-17-15-31-22-6-4-3-5-20(17)22)27(35)34(28(26)36)18-8-10-19(38-2)11-9-18/h3-13,15,24-26,31,33H,14H2,1-2H3,(H,32,37)/t24-,25-,26+,30-/m1/s1. The molecule has 0 unspecified atom stereocenters. The molecule has 1 spiro atoms. The van der Waals surface area contributed by atoms with Crippen molar-refractivity contribution in [2.45, 2.75) is 24.9 Å². The van der Waals surface area contributed by atoms with Crippen molar-refractivity contribution in [1.82, 2.24) is 10.3 Å². The van der Waals surface area contributed by atoms with Crippen LogP contribution in [0, 0.1) is 18.8 Å². The number of imide groups is 1. The fraction of sp³-hybridized carbons (Fsp3) is 0.233. The van der Waals surface area contributed by atoms with Crippen molar-refractivity contribution in [3.63, 3.8) is 0 Å². The highest BCUT2D eigenvalue weighted by Gasteiger charge is 2.70. The molecule has 8 nitrogen and oxygen atoms in total. The van der Waals surface area contributed by atoms with Crippen molar-refractivity contribution >= 4 is 40.0 Å². The average molecular weight is 507 g/mol. The minimum Gasteiger partial charge on any atom is -0.497 e. The van der Waals surface area contributed by atoms with E-state index in [0.29, 0.717) is 23.5 Å². The number of hydrogen-bond donors (Lipinski definition) is 3. The van der Waals surface area contributed by atoms with Crippen molar-refractivity contribution in [2.75, 3.05) is 17.3 Å². The molecule has 4 aromatic rings. The van der Waals surface area contributed by atoms with Gasteiger partial charge in [0, 0.05) is 34.4 Å². The molecule has 4 heterocycles. The molecule has 2 saturated heterocycles. The lowest BCUT2D eigenvalue weighted by Gasteiger charge is -2.29. The third kappa shape index (κ3) is 2.98. The number of anilines is 2. The molecule has 3 aromatic carbocycles. The number of rotatable bonds is 4. The SMILES string of the molecule is COc1ccc(N2C(=O)[C@H]3[C@@H](C2=O)[C@@]2(N[C@@H]3Cc3c[nH]c4ccccc34)C(=O)Nc3ccc(C)cc32)cc1. The highest BCUT2D eigenvalue weighted by Crippen LogP contribution is 2.54. The van der Waals surface area contributed by atoms with E-state index in [0.717, 1.165) is 27.6 Å². The maximum Gasteiger partial charge on any atom is 0.250 e. The van der Waals surface area contributed by atoms with Gasteiger partial charge < -0.3 is 15.0 Å². The number of carbonyl (C=O) groups excluding carboxylic acids is 3. The van der Waals surface area contributed by atoms with Crippen LogP contribution in [-0.2, 0) is 26.3 Å². The van der Waals surface area contributed by atoms with Crippen LogP contribution in [0.2, 0.25) is 0 Å². The first kappa shape index (κ1) is 22.7. The summed E-state index contributed by atoms with van der Waals surface area (Å²) >= 11 is 0. The van der Waals surface area contributed by atoms with E-state index in [1.807, 2.05) is 55.6 Å². The van der Waals surface area contributed by atoms with Crippen LogP contribution in [0.15, 0.2) is 72.9 Å². The van der Waals surface area contributed by atoms with Gasteiger partial charge >= 0.3 is 0 Å². The Morgan fingerprint density at radius 1 is 0.974 bits per heavy atom. The summed E-state index contributed by atoms with van der Waals surface area (Å²) in [6.45, 7) is 1.96. The number of para-hydroxylation sites is 1. The summed E-state index contributed by atoms with van der Waals surface area (Å²) in [6, 6.07) is 20.2. The van der Waals surface area contributed by atoms with Gasteiger partial charge in [0.05, 0.1) is 24.6 Å². The Balaban J connectivity index is 1.37. The van der Waals surface area contributed by atoms with E-state index < -0.39 is 23.4 Å². The molecule has 0 aliphatic carbocycles. The normalized spacial score (nSPS) is 25.8. The van der Waals surface area contributed by atoms with Crippen molar-refractivity contribution in [1.29, 1.82) is 0 Å². The Morgan fingerprint density at radius 3 is 2.55 bits per heavy atom. The Bertz CT molecular complexity index is 1640. The molecule has 3 N–H and O–H groups in total. The molecule has 190 valence electrons. The van der Waals surface area contributed by atoms with Crippen LogP contribution in [0.3, 0.4) is 0 Å². The van der Waals surface area contributed by atoms with Gasteiger partial charge in [-0.1, -0.05) is 35.9 Å². The van der Waals surface area contributed by atoms with Gasteiger partial charge in [0.25, 0.3) is 0 Å². The highest BCUT2D eigenvalue weighted by atomic mass is 16.5. The van der Waals surface area contributed by atoms with Crippen molar-refractivity contribution < 1.29 is 19.1 Å². The van der Waals surface area contributed by atoms with Crippen LogP contribution in [0.1, 0.15) is 16.7 Å². The smallest absolute Gasteiger partial charge is 0.250 e. The van der Waals surface area contributed by atoms with Gasteiger partial charge in [-0.15, -0.1) is 0 Å². The number of carbonyl (C=O) groups is 3. The molecule has 4 atom stereocenters. The highest BCUT2D eigenvalue weighted by molar-refractivity contribution is 6.25. The van der Waals surface area contributed by atoms with Crippen LogP contribution >= 0.6 is 0 Å². The lowest BCUT2D eigenvalue weighted by molar-refractivity contribution is -0.130. The molecule has 0 radical (unpaired) electrons. The average Bonchev–Trinajstić information content (AvgIpc) is 3.63. The first-order chi connectivity index (χ1) is 18.4. The van der Waals surface area contributed by atoms with Crippen LogP contribution in [0.5, 0.6) is 5.75 Å². The molecule has 3 amide bonds. The predicted molar refractivity (Wildman–Crippen MR) is 143 cm³/mol. The minimum absolute atomic E-state index is 0.298. The topological polar surface area (TPSA) is 104 Å². The number of benzene rings is 3. The van der Waals surface area contributed by atoms with Crippen molar-refractivity contribution in [2.24, 2.45) is 11.8 Å². The molecular formula is C30H26N4O4. The zero-order chi connectivity index (χ0) is 26.2. The number of hydrogen-bond acceptors (Lipinski definition) is 5. The number of aromatic nitrogens is 1. The molecule has 0 saturated carbocycles. The number of ether oxygens (including phenoxy) is 1. The maximum atomic E-state index is 14.2. The summed E-state index contributed by atoms with van der Waals surface area (Å²) in [5.41, 5.74) is 3.52. The molecule has 0 bridgehead atoms. The minimum atomic E-state index is -1.34. The van der Waals surface area contributed by atoms with E-state index in [-0.39, 0.29) is 17.7 Å². The molecule has 38 heavy (non-hydrogen) atoms. The second kappa shape index (κ2) is 8.03. The van der Waals surface area contributed by atoms with Crippen LogP contribution in [0.25, 0.3) is 10.9 Å². The van der Waals surface area contributed by atoms with Gasteiger partial charge in [-0.2, -0.15) is 0 Å². The molecule has 7 rings (SSSR count). The lowest BCUT2D eigenvalue weighted by Crippen LogP contribution is -2.53. The molecule has 8 heteroatoms. The number of aromatic amines is 1. The van der Waals surface area contributed by atoms with E-state index in [1.165, 1.54) is 4.90 Å². The number of nitrogens with one attached hydrogen (secondary N) is 3. The van der Waals surface area contributed by atoms with E-state index in [1.54, 1.807) is 31.4 Å². The molecule has 1 aromatic heterocycles. The largest absolute Gasteiger partial charge is 0.497 e.